The van der Waals surface area contributed by atoms with Gasteiger partial charge in [-0.05, 0) is 61.4 Å². The summed E-state index contributed by atoms with van der Waals surface area (Å²) in [6, 6.07) is 29.6. The van der Waals surface area contributed by atoms with E-state index in [2.05, 4.69) is 123 Å². The summed E-state index contributed by atoms with van der Waals surface area (Å²) in [6.45, 7) is 11.9. The highest BCUT2D eigenvalue weighted by Crippen LogP contribution is 2.64. The molecule has 180 valence electrons. The van der Waals surface area contributed by atoms with E-state index in [0.29, 0.717) is 5.92 Å². The van der Waals surface area contributed by atoms with Gasteiger partial charge in [0.2, 0.25) is 0 Å². The fraction of sp³-hybridized carbons (Fsp3) is 0.394. The van der Waals surface area contributed by atoms with Crippen molar-refractivity contribution in [3.8, 4) is 0 Å². The Morgan fingerprint density at radius 1 is 0.714 bits per heavy atom. The Morgan fingerprint density at radius 3 is 1.97 bits per heavy atom. The zero-order chi connectivity index (χ0) is 24.4. The second-order valence-electron chi connectivity index (χ2n) is 11.9. The number of rotatable bonds is 3. The molecule has 6 rings (SSSR count). The Kier molecular flexibility index (Phi) is 5.14. The molecule has 2 heterocycles. The third kappa shape index (κ3) is 3.08. The van der Waals surface area contributed by atoms with Crippen LogP contribution in [0.25, 0.3) is 0 Å². The summed E-state index contributed by atoms with van der Waals surface area (Å²) in [4.78, 5) is 5.40. The van der Waals surface area contributed by atoms with Crippen LogP contribution in [-0.2, 0) is 5.41 Å². The second-order valence-corrected chi connectivity index (χ2v) is 11.9. The van der Waals surface area contributed by atoms with Crippen LogP contribution in [0.4, 0.5) is 11.4 Å². The van der Waals surface area contributed by atoms with Gasteiger partial charge in [-0.1, -0.05) is 100 Å². The van der Waals surface area contributed by atoms with Crippen LogP contribution in [0, 0.1) is 18.3 Å². The predicted molar refractivity (Wildman–Crippen MR) is 148 cm³/mol. The lowest BCUT2D eigenvalue weighted by Crippen LogP contribution is -2.49. The zero-order valence-corrected chi connectivity index (χ0v) is 21.9. The molecule has 0 radical (unpaired) electrons. The lowest BCUT2D eigenvalue weighted by atomic mass is 9.64. The molecule has 0 amide bonds. The van der Waals surface area contributed by atoms with Crippen LogP contribution in [0.1, 0.15) is 70.1 Å². The van der Waals surface area contributed by atoms with Crippen molar-refractivity contribution in [2.45, 2.75) is 71.9 Å². The number of hydrogen-bond donors (Lipinski definition) is 0. The molecule has 1 fully saturated rings. The van der Waals surface area contributed by atoms with E-state index < -0.39 is 0 Å². The van der Waals surface area contributed by atoms with Crippen molar-refractivity contribution in [2.24, 2.45) is 11.3 Å². The summed E-state index contributed by atoms with van der Waals surface area (Å²) in [7, 11) is 0. The van der Waals surface area contributed by atoms with Gasteiger partial charge in [-0.3, -0.25) is 0 Å². The van der Waals surface area contributed by atoms with Crippen molar-refractivity contribution in [2.75, 3.05) is 9.80 Å². The first-order chi connectivity index (χ1) is 16.9. The number of aryl methyl sites for hydroxylation is 1. The highest BCUT2D eigenvalue weighted by atomic mass is 15.4. The van der Waals surface area contributed by atoms with Crippen LogP contribution < -0.4 is 9.80 Å². The maximum atomic E-state index is 2.74. The van der Waals surface area contributed by atoms with Gasteiger partial charge in [0.05, 0.1) is 11.1 Å². The van der Waals surface area contributed by atoms with E-state index in [-0.39, 0.29) is 17.0 Å². The highest BCUT2D eigenvalue weighted by Gasteiger charge is 2.60. The maximum absolute atomic E-state index is 2.74. The first kappa shape index (κ1) is 22.5. The van der Waals surface area contributed by atoms with Gasteiger partial charge in [-0.25, -0.2) is 0 Å². The van der Waals surface area contributed by atoms with Crippen molar-refractivity contribution >= 4 is 11.4 Å². The fourth-order valence-electron chi connectivity index (χ4n) is 7.50. The van der Waals surface area contributed by atoms with Crippen molar-refractivity contribution in [1.29, 1.82) is 0 Å². The fourth-order valence-corrected chi connectivity index (χ4v) is 7.50. The first-order valence-electron chi connectivity index (χ1n) is 13.4. The molecular formula is C33H38N2. The maximum Gasteiger partial charge on any atom is 0.115 e. The summed E-state index contributed by atoms with van der Waals surface area (Å²) in [6.07, 6.45) is 5.46. The van der Waals surface area contributed by atoms with E-state index in [1.165, 1.54) is 65.1 Å². The average Bonchev–Trinajstić information content (AvgIpc) is 3.55. The minimum Gasteiger partial charge on any atom is -0.322 e. The van der Waals surface area contributed by atoms with Gasteiger partial charge >= 0.3 is 0 Å². The Hall–Kier alpha value is -3.00. The average molecular weight is 463 g/mol. The van der Waals surface area contributed by atoms with Gasteiger partial charge in [-0.15, -0.1) is 0 Å². The Balaban J connectivity index is 1.71. The monoisotopic (exact) mass is 462 g/mol. The Labute approximate surface area is 211 Å². The summed E-state index contributed by atoms with van der Waals surface area (Å²) in [5.74, 6) is 0.610. The number of fused-ring (bicyclic) bond motifs is 3. The molecule has 0 aromatic heterocycles. The zero-order valence-electron chi connectivity index (χ0n) is 21.9. The highest BCUT2D eigenvalue weighted by molar-refractivity contribution is 5.82. The molecule has 0 saturated heterocycles. The van der Waals surface area contributed by atoms with Crippen molar-refractivity contribution < 1.29 is 0 Å². The van der Waals surface area contributed by atoms with E-state index in [1.807, 2.05) is 0 Å². The third-order valence-electron chi connectivity index (χ3n) is 8.74. The lowest BCUT2D eigenvalue weighted by molar-refractivity contribution is 0.318. The van der Waals surface area contributed by atoms with Gasteiger partial charge in [0.1, 0.15) is 6.17 Å². The van der Waals surface area contributed by atoms with Crippen LogP contribution in [0.2, 0.25) is 0 Å². The van der Waals surface area contributed by atoms with Crippen LogP contribution in [0.15, 0.2) is 90.3 Å². The summed E-state index contributed by atoms with van der Waals surface area (Å²) < 4.78 is 0. The molecule has 2 aliphatic heterocycles. The van der Waals surface area contributed by atoms with E-state index in [0.717, 1.165) is 0 Å². The van der Waals surface area contributed by atoms with E-state index in [1.54, 1.807) is 0 Å². The van der Waals surface area contributed by atoms with Gasteiger partial charge in [0.25, 0.3) is 0 Å². The van der Waals surface area contributed by atoms with E-state index in [9.17, 15) is 0 Å². The molecule has 3 aromatic rings. The number of nitrogens with zero attached hydrogens (tertiary/aromatic N) is 2. The summed E-state index contributed by atoms with van der Waals surface area (Å²) in [5, 5.41) is 0. The largest absolute Gasteiger partial charge is 0.322 e. The molecule has 0 N–H and O–H groups in total. The normalized spacial score (nSPS) is 24.3. The number of hydrogen-bond acceptors (Lipinski definition) is 2. The molecule has 0 bridgehead atoms. The number of allylic oxidation sites excluding steroid dienone is 2. The van der Waals surface area contributed by atoms with Crippen LogP contribution >= 0.6 is 0 Å². The van der Waals surface area contributed by atoms with Crippen molar-refractivity contribution in [1.82, 2.24) is 0 Å². The molecule has 1 aliphatic carbocycles. The second kappa shape index (κ2) is 8.01. The SMILES string of the molecule is CC1=C2N(c3ccccc3C2(c2ccccc2)C2CCCC2)C(C(C)(C)C)N1c1ccccc1C. The molecule has 2 nitrogen and oxygen atoms in total. The molecule has 0 spiro atoms. The molecule has 2 heteroatoms. The Bertz CT molecular complexity index is 1280. The Morgan fingerprint density at radius 2 is 1.31 bits per heavy atom. The number of anilines is 2. The molecule has 3 aromatic carbocycles. The van der Waals surface area contributed by atoms with Crippen LogP contribution in [-0.4, -0.2) is 6.17 Å². The molecule has 1 saturated carbocycles. The van der Waals surface area contributed by atoms with E-state index >= 15 is 0 Å². The molecule has 35 heavy (non-hydrogen) atoms. The smallest absolute Gasteiger partial charge is 0.115 e. The molecular weight excluding hydrogens is 424 g/mol. The quantitative estimate of drug-likeness (QED) is 0.385. The van der Waals surface area contributed by atoms with Crippen molar-refractivity contribution in [3.05, 3.63) is 107 Å². The van der Waals surface area contributed by atoms with E-state index in [4.69, 9.17) is 0 Å². The molecule has 2 atom stereocenters. The molecule has 2 unspecified atom stereocenters. The minimum absolute atomic E-state index is 0.0425. The predicted octanol–water partition coefficient (Wildman–Crippen LogP) is 8.42. The van der Waals surface area contributed by atoms with Gasteiger partial charge in [0.15, 0.2) is 0 Å². The van der Waals surface area contributed by atoms with Crippen LogP contribution in [0.3, 0.4) is 0 Å². The standard InChI is InChI=1S/C33H38N2/c1-23-15-9-13-21-28(23)34-24(2)30-33(26-18-10-11-19-26,25-16-7-6-8-17-25)27-20-12-14-22-29(27)35(30)31(34)32(3,4)5/h6-9,12-17,20-22,26,31H,10-11,18-19H2,1-5H3. The number of para-hydroxylation sites is 2. The topological polar surface area (TPSA) is 6.48 Å². The number of benzene rings is 3. The van der Waals surface area contributed by atoms with Gasteiger partial charge in [-0.2, -0.15) is 0 Å². The third-order valence-corrected chi connectivity index (χ3v) is 8.74. The lowest BCUT2D eigenvalue weighted by Gasteiger charge is -2.43. The van der Waals surface area contributed by atoms with Crippen molar-refractivity contribution in [3.63, 3.8) is 0 Å². The minimum atomic E-state index is -0.112. The van der Waals surface area contributed by atoms with Gasteiger partial charge < -0.3 is 9.80 Å². The first-order valence-corrected chi connectivity index (χ1v) is 13.4. The van der Waals surface area contributed by atoms with Crippen LogP contribution in [0.5, 0.6) is 0 Å². The molecule has 3 aliphatic rings. The van der Waals surface area contributed by atoms with Gasteiger partial charge in [0, 0.05) is 22.5 Å². The summed E-state index contributed by atoms with van der Waals surface area (Å²) in [5.41, 5.74) is 9.88. The summed E-state index contributed by atoms with van der Waals surface area (Å²) >= 11 is 0.